The molecular weight excluding hydrogens is 183 g/mol. The molecule has 0 aliphatic carbocycles. The van der Waals surface area contributed by atoms with Crippen molar-refractivity contribution in [1.82, 2.24) is 0 Å². The molecule has 0 fully saturated rings. The number of hydrogen-bond acceptors (Lipinski definition) is 0. The second-order valence-corrected chi connectivity index (χ2v) is 6.65. The Morgan fingerprint density at radius 1 is 1.60 bits per heavy atom. The molecule has 0 radical (unpaired) electrons. The summed E-state index contributed by atoms with van der Waals surface area (Å²) in [6, 6.07) is 1.19. The maximum absolute atomic E-state index is 5.72. The molecule has 0 aromatic heterocycles. The normalized spacial score (nSPS) is 16.3. The molecule has 0 aliphatic rings. The van der Waals surface area contributed by atoms with Gasteiger partial charge >= 0.3 is 0 Å². The van der Waals surface area contributed by atoms with Crippen molar-refractivity contribution in [2.45, 2.75) is 13.0 Å². The lowest BCUT2D eigenvalue weighted by Crippen LogP contribution is -2.16. The van der Waals surface area contributed by atoms with E-state index in [4.69, 9.17) is 23.2 Å². The third-order valence-electron chi connectivity index (χ3n) is 1.50. The smallest absolute Gasteiger partial charge is 0.0771 e. The molecule has 0 N–H and O–H groups in total. The fourth-order valence-electron chi connectivity index (χ4n) is 0.802. The van der Waals surface area contributed by atoms with E-state index < -0.39 is 8.80 Å². The maximum Gasteiger partial charge on any atom is 0.0771 e. The van der Waals surface area contributed by atoms with E-state index in [0.29, 0.717) is 5.92 Å². The Balaban J connectivity index is 3.51. The second kappa shape index (κ2) is 6.26. The van der Waals surface area contributed by atoms with E-state index in [0.717, 1.165) is 11.4 Å². The summed E-state index contributed by atoms with van der Waals surface area (Å²) in [5.41, 5.74) is 2.83. The first-order valence-electron chi connectivity index (χ1n) is 3.49. The van der Waals surface area contributed by atoms with Gasteiger partial charge in [-0.05, 0) is 5.92 Å². The van der Waals surface area contributed by atoms with Crippen molar-refractivity contribution in [2.24, 2.45) is 5.92 Å². The minimum atomic E-state index is -0.823. The molecular formula is C7H14Cl2Si. The van der Waals surface area contributed by atoms with Gasteiger partial charge in [-0.25, -0.2) is 0 Å². The average Bonchev–Trinajstić information content (AvgIpc) is 1.99. The molecule has 2 unspecified atom stereocenters. The molecule has 0 saturated heterocycles. The standard InChI is InChI=1S/C7H14Cl2Si/c1-3-10(6-9)5-7(2)4-8/h3,7,10H,1,4-6H2,2H3. The predicted molar refractivity (Wildman–Crippen MR) is 52.8 cm³/mol. The van der Waals surface area contributed by atoms with Crippen molar-refractivity contribution >= 4 is 32.0 Å². The highest BCUT2D eigenvalue weighted by Crippen LogP contribution is 2.09. The van der Waals surface area contributed by atoms with E-state index in [1.165, 1.54) is 6.04 Å². The van der Waals surface area contributed by atoms with Crippen LogP contribution in [0.3, 0.4) is 0 Å². The summed E-state index contributed by atoms with van der Waals surface area (Å²) in [6.07, 6.45) is 0. The van der Waals surface area contributed by atoms with Gasteiger partial charge in [-0.2, -0.15) is 0 Å². The summed E-state index contributed by atoms with van der Waals surface area (Å²) in [4.78, 5) is 0. The van der Waals surface area contributed by atoms with E-state index in [9.17, 15) is 0 Å². The van der Waals surface area contributed by atoms with Crippen molar-refractivity contribution in [3.05, 3.63) is 12.3 Å². The minimum absolute atomic E-state index is 0.607. The van der Waals surface area contributed by atoms with Gasteiger partial charge < -0.3 is 0 Å². The van der Waals surface area contributed by atoms with Gasteiger partial charge in [0.2, 0.25) is 0 Å². The van der Waals surface area contributed by atoms with Crippen molar-refractivity contribution in [3.63, 3.8) is 0 Å². The Morgan fingerprint density at radius 3 is 2.50 bits per heavy atom. The van der Waals surface area contributed by atoms with Crippen molar-refractivity contribution in [1.29, 1.82) is 0 Å². The van der Waals surface area contributed by atoms with Crippen LogP contribution in [0.1, 0.15) is 6.92 Å². The highest BCUT2D eigenvalue weighted by Gasteiger charge is 2.08. The fraction of sp³-hybridized carbons (Fsp3) is 0.714. The number of rotatable bonds is 5. The molecule has 10 heavy (non-hydrogen) atoms. The van der Waals surface area contributed by atoms with Crippen LogP contribution in [0.4, 0.5) is 0 Å². The quantitative estimate of drug-likeness (QED) is 0.469. The molecule has 0 aliphatic heterocycles. The molecule has 2 atom stereocenters. The minimum Gasteiger partial charge on any atom is -0.130 e. The van der Waals surface area contributed by atoms with Crippen LogP contribution in [0.15, 0.2) is 12.3 Å². The first-order chi connectivity index (χ1) is 4.74. The molecule has 0 amide bonds. The zero-order valence-corrected chi connectivity index (χ0v) is 8.98. The Labute approximate surface area is 74.8 Å². The third-order valence-corrected chi connectivity index (χ3v) is 5.69. The summed E-state index contributed by atoms with van der Waals surface area (Å²) in [6.45, 7) is 5.91. The van der Waals surface area contributed by atoms with Gasteiger partial charge in [0, 0.05) is 11.4 Å². The summed E-state index contributed by atoms with van der Waals surface area (Å²) in [7, 11) is -0.823. The highest BCUT2D eigenvalue weighted by molar-refractivity contribution is 6.71. The Morgan fingerprint density at radius 2 is 2.20 bits per heavy atom. The summed E-state index contributed by atoms with van der Waals surface area (Å²) in [5.74, 6) is 1.35. The molecule has 0 spiro atoms. The van der Waals surface area contributed by atoms with Gasteiger partial charge in [0.25, 0.3) is 0 Å². The van der Waals surface area contributed by atoms with Crippen LogP contribution in [0, 0.1) is 5.92 Å². The third kappa shape index (κ3) is 4.37. The predicted octanol–water partition coefficient (Wildman–Crippen LogP) is 2.59. The van der Waals surface area contributed by atoms with Gasteiger partial charge in [-0.1, -0.05) is 13.0 Å². The first kappa shape index (κ1) is 10.5. The molecule has 0 nitrogen and oxygen atoms in total. The largest absolute Gasteiger partial charge is 0.130 e. The lowest BCUT2D eigenvalue weighted by Gasteiger charge is -2.10. The maximum atomic E-state index is 5.72. The molecule has 3 heteroatoms. The molecule has 0 saturated carbocycles. The lowest BCUT2D eigenvalue weighted by molar-refractivity contribution is 0.736. The zero-order valence-electron chi connectivity index (χ0n) is 6.32. The Bertz CT molecular complexity index is 95.6. The molecule has 0 rings (SSSR count). The van der Waals surface area contributed by atoms with E-state index in [-0.39, 0.29) is 0 Å². The van der Waals surface area contributed by atoms with Gasteiger partial charge in [0.15, 0.2) is 0 Å². The van der Waals surface area contributed by atoms with Crippen molar-refractivity contribution < 1.29 is 0 Å². The topological polar surface area (TPSA) is 0 Å². The Hall–Kier alpha value is 0.537. The number of alkyl halides is 2. The van der Waals surface area contributed by atoms with Gasteiger partial charge in [-0.3, -0.25) is 0 Å². The van der Waals surface area contributed by atoms with Crippen LogP contribution in [0.2, 0.25) is 6.04 Å². The van der Waals surface area contributed by atoms with Crippen LogP contribution >= 0.6 is 23.2 Å². The molecule has 0 aromatic rings. The molecule has 60 valence electrons. The SMILES string of the molecule is C=C[SiH](CCl)CC(C)CCl. The van der Waals surface area contributed by atoms with Gasteiger partial charge in [-0.15, -0.1) is 35.5 Å². The number of hydrogen-bond donors (Lipinski definition) is 0. The van der Waals surface area contributed by atoms with E-state index in [1.54, 1.807) is 0 Å². The van der Waals surface area contributed by atoms with Crippen LogP contribution < -0.4 is 0 Å². The summed E-state index contributed by atoms with van der Waals surface area (Å²) in [5, 5.41) is 0. The molecule has 0 heterocycles. The van der Waals surface area contributed by atoms with Crippen LogP contribution in [-0.4, -0.2) is 20.2 Å². The number of halogens is 2. The lowest BCUT2D eigenvalue weighted by atomic mass is 10.3. The van der Waals surface area contributed by atoms with E-state index >= 15 is 0 Å². The zero-order chi connectivity index (χ0) is 7.98. The fourth-order valence-corrected chi connectivity index (χ4v) is 3.54. The van der Waals surface area contributed by atoms with Gasteiger partial charge in [0.05, 0.1) is 8.80 Å². The summed E-state index contributed by atoms with van der Waals surface area (Å²) >= 11 is 11.4. The summed E-state index contributed by atoms with van der Waals surface area (Å²) < 4.78 is 0. The first-order valence-corrected chi connectivity index (χ1v) is 6.86. The second-order valence-electron chi connectivity index (χ2n) is 2.65. The van der Waals surface area contributed by atoms with Crippen LogP contribution in [0.5, 0.6) is 0 Å². The molecule has 0 aromatic carbocycles. The van der Waals surface area contributed by atoms with E-state index in [2.05, 4.69) is 13.5 Å². The molecule has 0 bridgehead atoms. The monoisotopic (exact) mass is 196 g/mol. The Kier molecular flexibility index (Phi) is 6.60. The van der Waals surface area contributed by atoms with Crippen molar-refractivity contribution in [3.8, 4) is 0 Å². The van der Waals surface area contributed by atoms with Crippen LogP contribution in [0.25, 0.3) is 0 Å². The van der Waals surface area contributed by atoms with Crippen LogP contribution in [-0.2, 0) is 0 Å². The highest BCUT2D eigenvalue weighted by atomic mass is 35.5. The van der Waals surface area contributed by atoms with Crippen molar-refractivity contribution in [2.75, 3.05) is 11.4 Å². The van der Waals surface area contributed by atoms with E-state index in [1.807, 2.05) is 5.70 Å². The average molecular weight is 197 g/mol. The van der Waals surface area contributed by atoms with Gasteiger partial charge in [0.1, 0.15) is 0 Å².